The third-order valence-corrected chi connectivity index (χ3v) is 6.14. The van der Waals surface area contributed by atoms with E-state index in [2.05, 4.69) is 27.7 Å². The van der Waals surface area contributed by atoms with Crippen LogP contribution < -0.4 is 0 Å². The van der Waals surface area contributed by atoms with E-state index < -0.39 is 0 Å². The van der Waals surface area contributed by atoms with Crippen molar-refractivity contribution >= 4 is 5.78 Å². The molecule has 0 aliphatic heterocycles. The van der Waals surface area contributed by atoms with Gasteiger partial charge in [-0.15, -0.1) is 0 Å². The molecule has 3 atom stereocenters. The molecule has 3 rings (SSSR count). The lowest BCUT2D eigenvalue weighted by Crippen LogP contribution is -2.40. The topological polar surface area (TPSA) is 17.1 Å². The Balaban J connectivity index is 2.20. The van der Waals surface area contributed by atoms with Gasteiger partial charge in [-0.25, -0.2) is 0 Å². The van der Waals surface area contributed by atoms with Gasteiger partial charge in [-0.2, -0.15) is 0 Å². The first-order chi connectivity index (χ1) is 7.38. The first-order valence-corrected chi connectivity index (χ1v) is 6.64. The van der Waals surface area contributed by atoms with E-state index in [4.69, 9.17) is 0 Å². The molecule has 0 saturated heterocycles. The second kappa shape index (κ2) is 2.80. The van der Waals surface area contributed by atoms with Gasteiger partial charge in [0.15, 0.2) is 5.78 Å². The fraction of sp³-hybridized carbons (Fsp3) is 0.800. The van der Waals surface area contributed by atoms with Gasteiger partial charge in [-0.3, -0.25) is 4.79 Å². The van der Waals surface area contributed by atoms with Crippen molar-refractivity contribution in [3.63, 3.8) is 0 Å². The molecule has 2 bridgehead atoms. The van der Waals surface area contributed by atoms with E-state index in [0.717, 1.165) is 12.3 Å². The van der Waals surface area contributed by atoms with Crippen LogP contribution in [0.5, 0.6) is 0 Å². The predicted octanol–water partition coefficient (Wildman–Crippen LogP) is 3.74. The summed E-state index contributed by atoms with van der Waals surface area (Å²) in [7, 11) is 0. The van der Waals surface area contributed by atoms with Crippen LogP contribution >= 0.6 is 0 Å². The lowest BCUT2D eigenvalue weighted by atomic mass is 9.57. The fourth-order valence-corrected chi connectivity index (χ4v) is 4.56. The van der Waals surface area contributed by atoms with E-state index in [0.29, 0.717) is 17.1 Å². The van der Waals surface area contributed by atoms with Crippen LogP contribution in [0.3, 0.4) is 0 Å². The summed E-state index contributed by atoms with van der Waals surface area (Å²) in [5.41, 5.74) is 3.27. The summed E-state index contributed by atoms with van der Waals surface area (Å²) in [6.45, 7) is 9.34. The average molecular weight is 218 g/mol. The summed E-state index contributed by atoms with van der Waals surface area (Å²) in [5, 5.41) is 0. The quantitative estimate of drug-likeness (QED) is 0.605. The Morgan fingerprint density at radius 1 is 1.19 bits per heavy atom. The summed E-state index contributed by atoms with van der Waals surface area (Å²) in [6.07, 6.45) is 4.52. The molecular weight excluding hydrogens is 196 g/mol. The van der Waals surface area contributed by atoms with Crippen molar-refractivity contribution in [1.29, 1.82) is 0 Å². The highest BCUT2D eigenvalue weighted by Crippen LogP contribution is 2.67. The lowest BCUT2D eigenvalue weighted by Gasteiger charge is -2.47. The van der Waals surface area contributed by atoms with Gasteiger partial charge in [-0.05, 0) is 36.5 Å². The molecule has 0 aromatic carbocycles. The molecule has 0 N–H and O–H groups in total. The van der Waals surface area contributed by atoms with E-state index in [1.165, 1.54) is 30.4 Å². The molecule has 3 aliphatic carbocycles. The van der Waals surface area contributed by atoms with Crippen LogP contribution in [0.1, 0.15) is 53.4 Å². The Hall–Kier alpha value is -0.590. The van der Waals surface area contributed by atoms with Crippen LogP contribution in [0.4, 0.5) is 0 Å². The van der Waals surface area contributed by atoms with Crippen molar-refractivity contribution < 1.29 is 4.79 Å². The Kier molecular flexibility index (Phi) is 1.85. The number of hydrogen-bond acceptors (Lipinski definition) is 1. The van der Waals surface area contributed by atoms with Crippen LogP contribution in [0.2, 0.25) is 0 Å². The maximum Gasteiger partial charge on any atom is 0.159 e. The molecule has 1 heteroatoms. The molecule has 0 aromatic heterocycles. The molecule has 0 heterocycles. The van der Waals surface area contributed by atoms with Gasteiger partial charge in [0, 0.05) is 17.4 Å². The van der Waals surface area contributed by atoms with Crippen molar-refractivity contribution in [2.24, 2.45) is 22.7 Å². The number of rotatable bonds is 0. The van der Waals surface area contributed by atoms with Gasteiger partial charge in [0.25, 0.3) is 0 Å². The van der Waals surface area contributed by atoms with Crippen molar-refractivity contribution in [3.8, 4) is 0 Å². The van der Waals surface area contributed by atoms with Gasteiger partial charge >= 0.3 is 0 Å². The molecule has 0 aromatic rings. The second-order valence-electron chi connectivity index (χ2n) is 6.92. The standard InChI is InChI=1S/C15H22O/c1-9-7-12(16)13-11(9)8-10-5-6-15(13,4)14(10,2)3/h9-10H,5-8H2,1-4H3. The molecule has 1 saturated carbocycles. The minimum Gasteiger partial charge on any atom is -0.295 e. The van der Waals surface area contributed by atoms with Crippen LogP contribution in [-0.4, -0.2) is 5.78 Å². The molecule has 3 aliphatic rings. The molecule has 88 valence electrons. The van der Waals surface area contributed by atoms with Crippen LogP contribution in [0.15, 0.2) is 11.1 Å². The number of allylic oxidation sites excluding steroid dienone is 2. The second-order valence-corrected chi connectivity index (χ2v) is 6.92. The van der Waals surface area contributed by atoms with Crippen molar-refractivity contribution in [2.45, 2.75) is 53.4 Å². The predicted molar refractivity (Wildman–Crippen MR) is 65.0 cm³/mol. The third-order valence-electron chi connectivity index (χ3n) is 6.14. The van der Waals surface area contributed by atoms with E-state index in [1.807, 2.05) is 0 Å². The maximum absolute atomic E-state index is 12.2. The molecule has 1 fully saturated rings. The number of fused-ring (bicyclic) bond motifs is 3. The third kappa shape index (κ3) is 0.959. The van der Waals surface area contributed by atoms with Crippen LogP contribution in [-0.2, 0) is 4.79 Å². The Morgan fingerprint density at radius 2 is 1.88 bits per heavy atom. The van der Waals surface area contributed by atoms with Crippen molar-refractivity contribution in [3.05, 3.63) is 11.1 Å². The van der Waals surface area contributed by atoms with E-state index in [-0.39, 0.29) is 5.41 Å². The van der Waals surface area contributed by atoms with E-state index in [1.54, 1.807) is 0 Å². The summed E-state index contributed by atoms with van der Waals surface area (Å²) in [4.78, 5) is 12.2. The highest BCUT2D eigenvalue weighted by atomic mass is 16.1. The van der Waals surface area contributed by atoms with Gasteiger partial charge in [0.2, 0.25) is 0 Å². The Morgan fingerprint density at radius 3 is 2.56 bits per heavy atom. The molecule has 1 nitrogen and oxygen atoms in total. The number of ketones is 1. The Bertz CT molecular complexity index is 402. The molecule has 0 amide bonds. The molecule has 0 spiro atoms. The monoisotopic (exact) mass is 218 g/mol. The zero-order chi connectivity index (χ0) is 11.7. The largest absolute Gasteiger partial charge is 0.295 e. The molecular formula is C15H22O. The smallest absolute Gasteiger partial charge is 0.159 e. The maximum atomic E-state index is 12.2. The highest BCUT2D eigenvalue weighted by molar-refractivity contribution is 6.01. The van der Waals surface area contributed by atoms with Gasteiger partial charge < -0.3 is 0 Å². The first kappa shape index (κ1) is 10.6. The molecule has 3 unspecified atom stereocenters. The minimum absolute atomic E-state index is 0.174. The number of carbonyl (C=O) groups excluding carboxylic acids is 1. The summed E-state index contributed by atoms with van der Waals surface area (Å²) in [6, 6.07) is 0. The van der Waals surface area contributed by atoms with Crippen molar-refractivity contribution in [1.82, 2.24) is 0 Å². The summed E-state index contributed by atoms with van der Waals surface area (Å²) >= 11 is 0. The molecule has 0 radical (unpaired) electrons. The fourth-order valence-electron chi connectivity index (χ4n) is 4.56. The Labute approximate surface area is 98.3 Å². The van der Waals surface area contributed by atoms with Crippen LogP contribution in [0.25, 0.3) is 0 Å². The van der Waals surface area contributed by atoms with E-state index in [9.17, 15) is 4.79 Å². The number of carbonyl (C=O) groups is 1. The minimum atomic E-state index is 0.174. The van der Waals surface area contributed by atoms with Crippen molar-refractivity contribution in [2.75, 3.05) is 0 Å². The average Bonchev–Trinajstić information content (AvgIpc) is 2.52. The van der Waals surface area contributed by atoms with Gasteiger partial charge in [0.1, 0.15) is 0 Å². The lowest BCUT2D eigenvalue weighted by molar-refractivity contribution is -0.117. The highest BCUT2D eigenvalue weighted by Gasteiger charge is 2.59. The van der Waals surface area contributed by atoms with Crippen LogP contribution in [0, 0.1) is 22.7 Å². The molecule has 16 heavy (non-hydrogen) atoms. The summed E-state index contributed by atoms with van der Waals surface area (Å²) < 4.78 is 0. The zero-order valence-electron chi connectivity index (χ0n) is 10.9. The normalized spacial score (nSPS) is 45.1. The first-order valence-electron chi connectivity index (χ1n) is 6.64. The SMILES string of the molecule is CC1CC(=O)C2=C1CC1CCC2(C)C1(C)C. The summed E-state index contributed by atoms with van der Waals surface area (Å²) in [5.74, 6) is 1.79. The van der Waals surface area contributed by atoms with Gasteiger partial charge in [0.05, 0.1) is 0 Å². The van der Waals surface area contributed by atoms with Gasteiger partial charge in [-0.1, -0.05) is 33.3 Å². The number of Topliss-reactive ketones (excluding diaryl/α,β-unsaturated/α-hetero) is 1. The zero-order valence-corrected chi connectivity index (χ0v) is 10.9. The van der Waals surface area contributed by atoms with E-state index >= 15 is 0 Å². The number of hydrogen-bond donors (Lipinski definition) is 0.